The third-order valence-corrected chi connectivity index (χ3v) is 7.13. The van der Waals surface area contributed by atoms with Crippen molar-refractivity contribution in [3.63, 3.8) is 0 Å². The molecule has 0 spiro atoms. The van der Waals surface area contributed by atoms with Gasteiger partial charge in [0, 0.05) is 45.0 Å². The van der Waals surface area contributed by atoms with Gasteiger partial charge in [-0.15, -0.1) is 0 Å². The van der Waals surface area contributed by atoms with E-state index in [1.165, 1.54) is 23.4 Å². The van der Waals surface area contributed by atoms with E-state index in [2.05, 4.69) is 39.8 Å². The Morgan fingerprint density at radius 1 is 1.10 bits per heavy atom. The molecule has 1 atom stereocenters. The quantitative estimate of drug-likeness (QED) is 0.778. The average Bonchev–Trinajstić information content (AvgIpc) is 3.09. The van der Waals surface area contributed by atoms with Gasteiger partial charge >= 0.3 is 0 Å². The Morgan fingerprint density at radius 3 is 2.55 bits per heavy atom. The number of hydrogen-bond acceptors (Lipinski definition) is 5. The molecule has 6 nitrogen and oxygen atoms in total. The van der Waals surface area contributed by atoms with Crippen molar-refractivity contribution in [1.29, 1.82) is 0 Å². The molecule has 0 aromatic heterocycles. The summed E-state index contributed by atoms with van der Waals surface area (Å²) in [5.41, 5.74) is 3.63. The number of morpholine rings is 1. The van der Waals surface area contributed by atoms with Gasteiger partial charge in [-0.25, -0.2) is 17.5 Å². The molecule has 4 rings (SSSR count). The van der Waals surface area contributed by atoms with E-state index < -0.39 is 15.8 Å². The second-order valence-electron chi connectivity index (χ2n) is 7.53. The summed E-state index contributed by atoms with van der Waals surface area (Å²) in [5.74, 6) is -0.460. The third-order valence-electron chi connectivity index (χ3n) is 5.69. The fourth-order valence-corrected chi connectivity index (χ4v) is 5.06. The number of anilines is 1. The van der Waals surface area contributed by atoms with Gasteiger partial charge in [0.15, 0.2) is 0 Å². The zero-order valence-corrected chi connectivity index (χ0v) is 17.3. The van der Waals surface area contributed by atoms with Crippen LogP contribution in [0.1, 0.15) is 17.2 Å². The number of rotatable bonds is 6. The van der Waals surface area contributed by atoms with Gasteiger partial charge in [0.2, 0.25) is 10.0 Å². The van der Waals surface area contributed by atoms with Crippen LogP contribution in [-0.4, -0.2) is 59.8 Å². The Kier molecular flexibility index (Phi) is 5.87. The van der Waals surface area contributed by atoms with Crippen LogP contribution in [0.4, 0.5) is 10.1 Å². The number of hydrogen-bond donors (Lipinski definition) is 1. The normalized spacial score (nSPS) is 18.6. The number of fused-ring (bicyclic) bond motifs is 1. The first-order valence-electron chi connectivity index (χ1n) is 9.85. The van der Waals surface area contributed by atoms with Crippen molar-refractivity contribution in [3.05, 3.63) is 59.4 Å². The number of sulfonamides is 1. The number of ether oxygens (including phenoxy) is 1. The fraction of sp³-hybridized carbons (Fsp3) is 0.429. The first-order chi connectivity index (χ1) is 13.9. The highest BCUT2D eigenvalue weighted by molar-refractivity contribution is 7.89. The maximum absolute atomic E-state index is 13.2. The second kappa shape index (κ2) is 8.39. The van der Waals surface area contributed by atoms with Crippen molar-refractivity contribution in [2.45, 2.75) is 17.4 Å². The molecule has 1 saturated heterocycles. The molecule has 1 fully saturated rings. The van der Waals surface area contributed by atoms with E-state index in [1.54, 1.807) is 0 Å². The molecule has 2 aromatic carbocycles. The van der Waals surface area contributed by atoms with Crippen molar-refractivity contribution in [2.24, 2.45) is 0 Å². The Labute approximate surface area is 171 Å². The van der Waals surface area contributed by atoms with E-state index in [4.69, 9.17) is 4.74 Å². The number of benzene rings is 2. The topological polar surface area (TPSA) is 61.9 Å². The second-order valence-corrected chi connectivity index (χ2v) is 9.30. The lowest BCUT2D eigenvalue weighted by Crippen LogP contribution is -2.43. The number of halogens is 1. The molecule has 2 aromatic rings. The molecule has 8 heteroatoms. The predicted molar refractivity (Wildman–Crippen MR) is 110 cm³/mol. The van der Waals surface area contributed by atoms with Crippen LogP contribution in [0, 0.1) is 5.82 Å². The lowest BCUT2D eigenvalue weighted by atomic mass is 10.0. The summed E-state index contributed by atoms with van der Waals surface area (Å²) in [6.45, 7) is 4.01. The molecular weight excluding hydrogens is 393 g/mol. The summed E-state index contributed by atoms with van der Waals surface area (Å²) in [5, 5.41) is 0. The smallest absolute Gasteiger partial charge is 0.240 e. The van der Waals surface area contributed by atoms with Crippen LogP contribution in [0.3, 0.4) is 0 Å². The molecule has 0 amide bonds. The third kappa shape index (κ3) is 4.45. The lowest BCUT2D eigenvalue weighted by Gasteiger charge is -2.35. The zero-order chi connectivity index (χ0) is 20.4. The molecule has 0 radical (unpaired) electrons. The summed E-state index contributed by atoms with van der Waals surface area (Å²) in [7, 11) is -1.64. The molecule has 2 heterocycles. The number of nitrogens with zero attached hydrogens (tertiary/aromatic N) is 2. The fourth-order valence-electron chi connectivity index (χ4n) is 4.03. The van der Waals surface area contributed by atoms with Crippen molar-refractivity contribution < 1.29 is 17.5 Å². The molecule has 29 heavy (non-hydrogen) atoms. The predicted octanol–water partition coefficient (Wildman–Crippen LogP) is 2.17. The van der Waals surface area contributed by atoms with E-state index in [-0.39, 0.29) is 17.5 Å². The molecule has 0 saturated carbocycles. The minimum Gasteiger partial charge on any atom is -0.379 e. The van der Waals surface area contributed by atoms with Crippen LogP contribution in [0.25, 0.3) is 0 Å². The minimum absolute atomic E-state index is 0.0650. The molecular formula is C21H26FN3O3S. The van der Waals surface area contributed by atoms with E-state index in [9.17, 15) is 12.8 Å². The summed E-state index contributed by atoms with van der Waals surface area (Å²) in [6.07, 6.45) is 0.997. The Balaban J connectivity index is 1.57. The van der Waals surface area contributed by atoms with Gasteiger partial charge < -0.3 is 9.64 Å². The van der Waals surface area contributed by atoms with E-state index in [1.807, 2.05) is 0 Å². The molecule has 2 aliphatic heterocycles. The van der Waals surface area contributed by atoms with Crippen molar-refractivity contribution in [3.8, 4) is 0 Å². The van der Waals surface area contributed by atoms with Crippen molar-refractivity contribution >= 4 is 15.7 Å². The zero-order valence-electron chi connectivity index (χ0n) is 16.5. The van der Waals surface area contributed by atoms with Gasteiger partial charge in [0.25, 0.3) is 0 Å². The SMILES string of the molecule is CN1CCc2cc([C@H](CNS(=O)(=O)c3ccc(F)cc3)N3CCOCC3)ccc21. The van der Waals surface area contributed by atoms with Crippen LogP contribution in [0.2, 0.25) is 0 Å². The van der Waals surface area contributed by atoms with Gasteiger partial charge in [0.1, 0.15) is 5.82 Å². The summed E-state index contributed by atoms with van der Waals surface area (Å²) in [4.78, 5) is 4.56. The Bertz CT molecular complexity index is 960. The Hall–Kier alpha value is -2.00. The average molecular weight is 420 g/mol. The molecule has 0 bridgehead atoms. The van der Waals surface area contributed by atoms with E-state index in [0.29, 0.717) is 13.2 Å². The molecule has 0 unspecified atom stereocenters. The summed E-state index contributed by atoms with van der Waals surface area (Å²) >= 11 is 0. The highest BCUT2D eigenvalue weighted by atomic mass is 32.2. The summed E-state index contributed by atoms with van der Waals surface area (Å²) < 4.78 is 46.8. The first kappa shape index (κ1) is 20.3. The van der Waals surface area contributed by atoms with Gasteiger partial charge in [-0.1, -0.05) is 12.1 Å². The minimum atomic E-state index is -3.72. The highest BCUT2D eigenvalue weighted by Crippen LogP contribution is 2.31. The van der Waals surface area contributed by atoms with Crippen LogP contribution < -0.4 is 9.62 Å². The van der Waals surface area contributed by atoms with Crippen molar-refractivity contribution in [1.82, 2.24) is 9.62 Å². The van der Waals surface area contributed by atoms with E-state index >= 15 is 0 Å². The van der Waals surface area contributed by atoms with Gasteiger partial charge in [-0.3, -0.25) is 4.90 Å². The van der Waals surface area contributed by atoms with Gasteiger partial charge in [-0.2, -0.15) is 0 Å². The first-order valence-corrected chi connectivity index (χ1v) is 11.3. The highest BCUT2D eigenvalue weighted by Gasteiger charge is 2.27. The number of likely N-dealkylation sites (N-methyl/N-ethyl adjacent to an activating group) is 1. The van der Waals surface area contributed by atoms with Crippen LogP contribution in [0.5, 0.6) is 0 Å². The standard InChI is InChI=1S/C21H26FN3O3S/c1-24-9-8-17-14-16(2-7-20(17)24)21(25-10-12-28-13-11-25)15-23-29(26,27)19-5-3-18(22)4-6-19/h2-7,14,21,23H,8-13,15H2,1H3/t21-/m0/s1. The summed E-state index contributed by atoms with van der Waals surface area (Å²) in [6, 6.07) is 11.2. The molecule has 0 aliphatic carbocycles. The largest absolute Gasteiger partial charge is 0.379 e. The monoisotopic (exact) mass is 419 g/mol. The molecule has 1 N–H and O–H groups in total. The van der Waals surface area contributed by atoms with Crippen LogP contribution in [-0.2, 0) is 21.2 Å². The number of nitrogens with one attached hydrogen (secondary N) is 1. The van der Waals surface area contributed by atoms with Crippen LogP contribution >= 0.6 is 0 Å². The Morgan fingerprint density at radius 2 is 1.83 bits per heavy atom. The molecule has 2 aliphatic rings. The lowest BCUT2D eigenvalue weighted by molar-refractivity contribution is 0.0172. The maximum atomic E-state index is 13.2. The molecule has 156 valence electrons. The van der Waals surface area contributed by atoms with Crippen LogP contribution in [0.15, 0.2) is 47.4 Å². The van der Waals surface area contributed by atoms with Gasteiger partial charge in [-0.05, 0) is 47.9 Å². The van der Waals surface area contributed by atoms with Gasteiger partial charge in [0.05, 0.1) is 18.1 Å². The van der Waals surface area contributed by atoms with Crippen molar-refractivity contribution in [2.75, 3.05) is 51.3 Å². The maximum Gasteiger partial charge on any atom is 0.240 e. The van der Waals surface area contributed by atoms with E-state index in [0.717, 1.165) is 43.8 Å².